The summed E-state index contributed by atoms with van der Waals surface area (Å²) in [5, 5.41) is 1.44. The third-order valence-corrected chi connectivity index (χ3v) is 3.53. The summed E-state index contributed by atoms with van der Waals surface area (Å²) < 4.78 is 0. The van der Waals surface area contributed by atoms with Crippen LogP contribution in [0.5, 0.6) is 0 Å². The number of halogens is 1. The van der Waals surface area contributed by atoms with E-state index in [0.717, 1.165) is 23.9 Å². The average molecular weight is 223 g/mol. The number of aromatic amines is 1. The van der Waals surface area contributed by atoms with Crippen LogP contribution in [0, 0.1) is 0 Å². The summed E-state index contributed by atoms with van der Waals surface area (Å²) in [5.74, 6) is 0. The Labute approximate surface area is 91.9 Å². The van der Waals surface area contributed by atoms with Crippen molar-refractivity contribution in [2.24, 2.45) is 5.73 Å². The van der Waals surface area contributed by atoms with Crippen LogP contribution in [-0.4, -0.2) is 21.5 Å². The molecule has 0 amide bonds. The van der Waals surface area contributed by atoms with Crippen LogP contribution in [0.3, 0.4) is 0 Å². The van der Waals surface area contributed by atoms with Crippen molar-refractivity contribution < 1.29 is 0 Å². The normalized spacial score (nSPS) is 18.3. The molecular formula is C10H11ClN4. The summed E-state index contributed by atoms with van der Waals surface area (Å²) >= 11 is 6.08. The number of H-pyrrole nitrogens is 1. The van der Waals surface area contributed by atoms with Crippen LogP contribution < -0.4 is 5.73 Å². The summed E-state index contributed by atoms with van der Waals surface area (Å²) in [4.78, 5) is 11.3. The minimum atomic E-state index is 0.118. The highest BCUT2D eigenvalue weighted by molar-refractivity contribution is 6.34. The maximum atomic E-state index is 6.08. The van der Waals surface area contributed by atoms with Crippen LogP contribution >= 0.6 is 11.6 Å². The second-order valence-electron chi connectivity index (χ2n) is 4.07. The maximum absolute atomic E-state index is 6.08. The fourth-order valence-corrected chi connectivity index (χ4v) is 2.31. The first-order chi connectivity index (χ1) is 7.27. The number of hydrogen-bond acceptors (Lipinski definition) is 3. The predicted molar refractivity (Wildman–Crippen MR) is 58.9 cm³/mol. The quantitative estimate of drug-likeness (QED) is 0.759. The lowest BCUT2D eigenvalue weighted by atomic mass is 9.97. The molecule has 15 heavy (non-hydrogen) atoms. The summed E-state index contributed by atoms with van der Waals surface area (Å²) in [5.41, 5.74) is 7.89. The average Bonchev–Trinajstić information content (AvgIpc) is 2.92. The molecule has 0 spiro atoms. The third kappa shape index (κ3) is 1.18. The molecule has 0 aliphatic heterocycles. The van der Waals surface area contributed by atoms with Crippen molar-refractivity contribution in [2.45, 2.75) is 18.3 Å². The van der Waals surface area contributed by atoms with Gasteiger partial charge in [-0.25, -0.2) is 9.97 Å². The Kier molecular flexibility index (Phi) is 1.78. The van der Waals surface area contributed by atoms with Crippen molar-refractivity contribution in [1.29, 1.82) is 0 Å². The number of nitrogens with zero attached hydrogens (tertiary/aromatic N) is 2. The SMILES string of the molecule is NCC1(c2c[nH]c3ncnc(Cl)c23)CC1. The summed E-state index contributed by atoms with van der Waals surface area (Å²) in [6.07, 6.45) is 5.68. The highest BCUT2D eigenvalue weighted by Gasteiger charge is 2.45. The molecule has 0 saturated heterocycles. The molecule has 2 aromatic heterocycles. The van der Waals surface area contributed by atoms with Gasteiger partial charge in [0.05, 0.1) is 5.39 Å². The van der Waals surface area contributed by atoms with E-state index in [4.69, 9.17) is 17.3 Å². The Morgan fingerprint density at radius 1 is 1.47 bits per heavy atom. The van der Waals surface area contributed by atoms with Gasteiger partial charge in [-0.05, 0) is 18.4 Å². The van der Waals surface area contributed by atoms with E-state index in [1.165, 1.54) is 11.9 Å². The largest absolute Gasteiger partial charge is 0.346 e. The van der Waals surface area contributed by atoms with Gasteiger partial charge in [-0.3, -0.25) is 0 Å². The molecule has 1 saturated carbocycles. The molecule has 1 aliphatic rings. The van der Waals surface area contributed by atoms with E-state index in [9.17, 15) is 0 Å². The second-order valence-corrected chi connectivity index (χ2v) is 4.43. The minimum Gasteiger partial charge on any atom is -0.346 e. The van der Waals surface area contributed by atoms with E-state index >= 15 is 0 Å². The maximum Gasteiger partial charge on any atom is 0.142 e. The molecule has 3 rings (SSSR count). The van der Waals surface area contributed by atoms with Crippen molar-refractivity contribution in [2.75, 3.05) is 6.54 Å². The number of hydrogen-bond donors (Lipinski definition) is 2. The molecule has 1 aliphatic carbocycles. The van der Waals surface area contributed by atoms with Crippen LogP contribution in [0.4, 0.5) is 0 Å². The van der Waals surface area contributed by atoms with Crippen LogP contribution in [0.1, 0.15) is 18.4 Å². The highest BCUT2D eigenvalue weighted by atomic mass is 35.5. The van der Waals surface area contributed by atoms with Crippen LogP contribution in [0.2, 0.25) is 5.15 Å². The number of rotatable bonds is 2. The van der Waals surface area contributed by atoms with Gasteiger partial charge in [0.15, 0.2) is 0 Å². The van der Waals surface area contributed by atoms with Gasteiger partial charge in [0, 0.05) is 18.2 Å². The Morgan fingerprint density at radius 3 is 2.93 bits per heavy atom. The van der Waals surface area contributed by atoms with Gasteiger partial charge in [-0.1, -0.05) is 11.6 Å². The molecule has 0 bridgehead atoms. The zero-order valence-electron chi connectivity index (χ0n) is 8.13. The van der Waals surface area contributed by atoms with Crippen molar-refractivity contribution in [3.63, 3.8) is 0 Å². The van der Waals surface area contributed by atoms with E-state index in [1.54, 1.807) is 0 Å². The lowest BCUT2D eigenvalue weighted by Crippen LogP contribution is -2.19. The highest BCUT2D eigenvalue weighted by Crippen LogP contribution is 2.50. The van der Waals surface area contributed by atoms with Gasteiger partial charge in [0.2, 0.25) is 0 Å². The van der Waals surface area contributed by atoms with Crippen LogP contribution in [0.15, 0.2) is 12.5 Å². The molecule has 0 radical (unpaired) electrons. The zero-order valence-corrected chi connectivity index (χ0v) is 8.88. The van der Waals surface area contributed by atoms with E-state index in [-0.39, 0.29) is 5.41 Å². The van der Waals surface area contributed by atoms with Gasteiger partial charge in [0.25, 0.3) is 0 Å². The molecule has 0 aromatic carbocycles. The predicted octanol–water partition coefficient (Wildman–Crippen LogP) is 1.60. The molecule has 78 valence electrons. The Balaban J connectivity index is 2.28. The third-order valence-electron chi connectivity index (χ3n) is 3.24. The Bertz CT molecular complexity index is 515. The standard InChI is InChI=1S/C10H11ClN4/c11-8-7-6(10(4-12)1-2-10)3-13-9(7)15-5-14-8/h3,5H,1-2,4,12H2,(H,13,14,15). The first-order valence-corrected chi connectivity index (χ1v) is 5.33. The number of fused-ring (bicyclic) bond motifs is 1. The molecule has 2 aromatic rings. The fraction of sp³-hybridized carbons (Fsp3) is 0.400. The van der Waals surface area contributed by atoms with Crippen LogP contribution in [-0.2, 0) is 5.41 Å². The topological polar surface area (TPSA) is 67.6 Å². The first kappa shape index (κ1) is 9.12. The molecule has 0 unspecified atom stereocenters. The molecule has 3 N–H and O–H groups in total. The van der Waals surface area contributed by atoms with Crippen LogP contribution in [0.25, 0.3) is 11.0 Å². The zero-order chi connectivity index (χ0) is 10.5. The number of nitrogens with one attached hydrogen (secondary N) is 1. The first-order valence-electron chi connectivity index (χ1n) is 4.95. The van der Waals surface area contributed by atoms with Gasteiger partial charge < -0.3 is 10.7 Å². The molecule has 5 heteroatoms. The second kappa shape index (κ2) is 2.93. The Hall–Kier alpha value is -1.13. The lowest BCUT2D eigenvalue weighted by molar-refractivity contribution is 0.711. The van der Waals surface area contributed by atoms with E-state index in [1.807, 2.05) is 6.20 Å². The summed E-state index contributed by atoms with van der Waals surface area (Å²) in [7, 11) is 0. The van der Waals surface area contributed by atoms with Gasteiger partial charge in [0.1, 0.15) is 17.1 Å². The smallest absolute Gasteiger partial charge is 0.142 e. The van der Waals surface area contributed by atoms with E-state index in [0.29, 0.717) is 11.7 Å². The molecule has 2 heterocycles. The van der Waals surface area contributed by atoms with Crippen molar-refractivity contribution in [3.8, 4) is 0 Å². The summed E-state index contributed by atoms with van der Waals surface area (Å²) in [6.45, 7) is 0.658. The van der Waals surface area contributed by atoms with E-state index < -0.39 is 0 Å². The molecule has 0 atom stereocenters. The van der Waals surface area contributed by atoms with Gasteiger partial charge in [-0.15, -0.1) is 0 Å². The molecular weight excluding hydrogens is 212 g/mol. The molecule has 1 fully saturated rings. The molecule has 4 nitrogen and oxygen atoms in total. The van der Waals surface area contributed by atoms with Gasteiger partial charge in [-0.2, -0.15) is 0 Å². The van der Waals surface area contributed by atoms with Crippen molar-refractivity contribution in [1.82, 2.24) is 15.0 Å². The van der Waals surface area contributed by atoms with Crippen molar-refractivity contribution >= 4 is 22.6 Å². The summed E-state index contributed by atoms with van der Waals surface area (Å²) in [6, 6.07) is 0. The number of nitrogens with two attached hydrogens (primary N) is 1. The number of aromatic nitrogens is 3. The fourth-order valence-electron chi connectivity index (χ4n) is 2.08. The van der Waals surface area contributed by atoms with E-state index in [2.05, 4.69) is 15.0 Å². The van der Waals surface area contributed by atoms with Gasteiger partial charge >= 0.3 is 0 Å². The minimum absolute atomic E-state index is 0.118. The Morgan fingerprint density at radius 2 is 2.27 bits per heavy atom. The lowest BCUT2D eigenvalue weighted by Gasteiger charge is -2.10. The monoisotopic (exact) mass is 222 g/mol. The van der Waals surface area contributed by atoms with Crippen molar-refractivity contribution in [3.05, 3.63) is 23.2 Å².